The summed E-state index contributed by atoms with van der Waals surface area (Å²) in [7, 11) is 0. The third-order valence-electron chi connectivity index (χ3n) is 4.62. The van der Waals surface area contributed by atoms with Gasteiger partial charge in [-0.25, -0.2) is 18.7 Å². The lowest BCUT2D eigenvalue weighted by Crippen LogP contribution is -2.50. The molecule has 1 saturated carbocycles. The van der Waals surface area contributed by atoms with Crippen LogP contribution in [-0.4, -0.2) is 40.4 Å². The Morgan fingerprint density at radius 3 is 2.72 bits per heavy atom. The molecule has 2 aliphatic rings. The van der Waals surface area contributed by atoms with E-state index in [-0.39, 0.29) is 19.0 Å². The molecule has 2 heterocycles. The first-order valence-corrected chi connectivity index (χ1v) is 8.40. The van der Waals surface area contributed by atoms with E-state index >= 15 is 0 Å². The molecule has 1 aliphatic carbocycles. The van der Waals surface area contributed by atoms with Crippen molar-refractivity contribution in [1.29, 1.82) is 0 Å². The van der Waals surface area contributed by atoms with E-state index in [1.54, 1.807) is 11.1 Å². The second kappa shape index (κ2) is 6.38. The zero-order valence-corrected chi connectivity index (χ0v) is 13.7. The molecule has 0 unspecified atom stereocenters. The number of halogens is 2. The van der Waals surface area contributed by atoms with Gasteiger partial charge in [-0.3, -0.25) is 4.79 Å². The van der Waals surface area contributed by atoms with Gasteiger partial charge in [0, 0.05) is 43.4 Å². The predicted octanol–water partition coefficient (Wildman–Crippen LogP) is 2.48. The molecule has 2 aromatic rings. The van der Waals surface area contributed by atoms with Crippen LogP contribution < -0.4 is 4.90 Å². The molecule has 1 aliphatic heterocycles. The molecule has 1 saturated heterocycles. The van der Waals surface area contributed by atoms with E-state index < -0.39 is 11.6 Å². The van der Waals surface area contributed by atoms with Crippen molar-refractivity contribution in [2.75, 3.05) is 24.5 Å². The Labute approximate surface area is 144 Å². The molecule has 4 rings (SSSR count). The Morgan fingerprint density at radius 1 is 1.16 bits per heavy atom. The number of hydrogen-bond acceptors (Lipinski definition) is 4. The van der Waals surface area contributed by atoms with Crippen LogP contribution in [0.1, 0.15) is 30.1 Å². The van der Waals surface area contributed by atoms with Gasteiger partial charge < -0.3 is 9.80 Å². The zero-order valence-electron chi connectivity index (χ0n) is 13.7. The van der Waals surface area contributed by atoms with Gasteiger partial charge in [-0.15, -0.1) is 0 Å². The molecule has 130 valence electrons. The topological polar surface area (TPSA) is 49.3 Å². The van der Waals surface area contributed by atoms with Gasteiger partial charge in [0.1, 0.15) is 23.3 Å². The lowest BCUT2D eigenvalue weighted by molar-refractivity contribution is -0.131. The molecule has 0 spiro atoms. The minimum absolute atomic E-state index is 0.0958. The van der Waals surface area contributed by atoms with Crippen LogP contribution in [0.4, 0.5) is 14.6 Å². The summed E-state index contributed by atoms with van der Waals surface area (Å²) >= 11 is 0. The molecule has 5 nitrogen and oxygen atoms in total. The largest absolute Gasteiger partial charge is 0.345 e. The monoisotopic (exact) mass is 344 g/mol. The number of piperazine rings is 1. The number of amides is 1. The second-order valence-corrected chi connectivity index (χ2v) is 6.52. The molecule has 1 amide bonds. The maximum absolute atomic E-state index is 13.8. The molecule has 0 bridgehead atoms. The van der Waals surface area contributed by atoms with Crippen molar-refractivity contribution in [3.05, 3.63) is 53.5 Å². The standard InChI is InChI=1S/C18H18F2N4O/c19-14-4-3-13(15(20)9-14)10-24-8-7-23(11-17(24)25)16-5-6-21-18(22-16)12-1-2-12/h3-6,9,12H,1-2,7-8,10-11H2. The van der Waals surface area contributed by atoms with Crippen LogP contribution in [0.2, 0.25) is 0 Å². The summed E-state index contributed by atoms with van der Waals surface area (Å²) in [4.78, 5) is 24.8. The number of hydrogen-bond donors (Lipinski definition) is 0. The summed E-state index contributed by atoms with van der Waals surface area (Å²) < 4.78 is 26.8. The number of rotatable bonds is 4. The highest BCUT2D eigenvalue weighted by molar-refractivity contribution is 5.82. The van der Waals surface area contributed by atoms with Crippen LogP contribution in [0.3, 0.4) is 0 Å². The summed E-state index contributed by atoms with van der Waals surface area (Å²) in [6.45, 7) is 1.44. The lowest BCUT2D eigenvalue weighted by Gasteiger charge is -2.35. The van der Waals surface area contributed by atoms with Crippen LogP contribution in [0, 0.1) is 11.6 Å². The fraction of sp³-hybridized carbons (Fsp3) is 0.389. The second-order valence-electron chi connectivity index (χ2n) is 6.52. The normalized spacial score (nSPS) is 17.9. The lowest BCUT2D eigenvalue weighted by atomic mass is 10.1. The molecular weight excluding hydrogens is 326 g/mol. The molecule has 25 heavy (non-hydrogen) atoms. The first-order chi connectivity index (χ1) is 12.1. The van der Waals surface area contributed by atoms with Gasteiger partial charge in [-0.2, -0.15) is 0 Å². The van der Waals surface area contributed by atoms with Crippen molar-refractivity contribution in [3.8, 4) is 0 Å². The summed E-state index contributed by atoms with van der Waals surface area (Å²) in [5.41, 5.74) is 0.321. The van der Waals surface area contributed by atoms with Gasteiger partial charge in [0.15, 0.2) is 0 Å². The highest BCUT2D eigenvalue weighted by Gasteiger charge is 2.29. The molecule has 7 heteroatoms. The van der Waals surface area contributed by atoms with E-state index in [0.717, 1.165) is 30.6 Å². The quantitative estimate of drug-likeness (QED) is 0.855. The molecule has 0 radical (unpaired) electrons. The van der Waals surface area contributed by atoms with E-state index in [9.17, 15) is 13.6 Å². The Kier molecular flexibility index (Phi) is 4.07. The van der Waals surface area contributed by atoms with Crippen LogP contribution in [0.5, 0.6) is 0 Å². The minimum Gasteiger partial charge on any atom is -0.345 e. The predicted molar refractivity (Wildman–Crippen MR) is 88.0 cm³/mol. The maximum Gasteiger partial charge on any atom is 0.242 e. The summed E-state index contributed by atoms with van der Waals surface area (Å²) in [6, 6.07) is 5.25. The van der Waals surface area contributed by atoms with Gasteiger partial charge in [0.25, 0.3) is 0 Å². The number of nitrogens with zero attached hydrogens (tertiary/aromatic N) is 4. The van der Waals surface area contributed by atoms with Crippen molar-refractivity contribution < 1.29 is 13.6 Å². The highest BCUT2D eigenvalue weighted by atomic mass is 19.1. The van der Waals surface area contributed by atoms with E-state index in [4.69, 9.17) is 0 Å². The van der Waals surface area contributed by atoms with Gasteiger partial charge in [0.2, 0.25) is 5.91 Å². The number of aromatic nitrogens is 2. The van der Waals surface area contributed by atoms with E-state index in [2.05, 4.69) is 9.97 Å². The Hall–Kier alpha value is -2.57. The zero-order chi connectivity index (χ0) is 17.4. The molecule has 0 N–H and O–H groups in total. The average Bonchev–Trinajstić information content (AvgIpc) is 3.44. The third-order valence-corrected chi connectivity index (χ3v) is 4.62. The highest BCUT2D eigenvalue weighted by Crippen LogP contribution is 2.38. The van der Waals surface area contributed by atoms with Gasteiger partial charge in [-0.05, 0) is 25.0 Å². The number of carbonyl (C=O) groups excluding carboxylic acids is 1. The first-order valence-electron chi connectivity index (χ1n) is 8.40. The number of carbonyl (C=O) groups is 1. The smallest absolute Gasteiger partial charge is 0.242 e. The fourth-order valence-electron chi connectivity index (χ4n) is 3.00. The van der Waals surface area contributed by atoms with Crippen LogP contribution in [0.25, 0.3) is 0 Å². The molecule has 2 fully saturated rings. The maximum atomic E-state index is 13.8. The molecule has 1 aromatic heterocycles. The Bertz CT molecular complexity index is 809. The van der Waals surface area contributed by atoms with Gasteiger partial charge >= 0.3 is 0 Å². The Balaban J connectivity index is 1.43. The third kappa shape index (κ3) is 3.45. The molecular formula is C18H18F2N4O. The van der Waals surface area contributed by atoms with Crippen molar-refractivity contribution in [2.45, 2.75) is 25.3 Å². The SMILES string of the molecule is O=C1CN(c2ccnc(C3CC3)n2)CCN1Cc1ccc(F)cc1F. The van der Waals surface area contributed by atoms with Gasteiger partial charge in [-0.1, -0.05) is 6.07 Å². The van der Waals surface area contributed by atoms with Gasteiger partial charge in [0.05, 0.1) is 6.54 Å². The van der Waals surface area contributed by atoms with E-state index in [1.165, 1.54) is 12.1 Å². The molecule has 0 atom stereocenters. The van der Waals surface area contributed by atoms with Crippen LogP contribution in [-0.2, 0) is 11.3 Å². The fourth-order valence-corrected chi connectivity index (χ4v) is 3.00. The first kappa shape index (κ1) is 15.9. The number of benzene rings is 1. The van der Waals surface area contributed by atoms with Crippen molar-refractivity contribution >= 4 is 11.7 Å². The minimum atomic E-state index is -0.625. The summed E-state index contributed by atoms with van der Waals surface area (Å²) in [6.07, 6.45) is 3.99. The number of anilines is 1. The van der Waals surface area contributed by atoms with Crippen molar-refractivity contribution in [1.82, 2.24) is 14.9 Å². The summed E-state index contributed by atoms with van der Waals surface area (Å²) in [5.74, 6) is 0.728. The Morgan fingerprint density at radius 2 is 2.00 bits per heavy atom. The van der Waals surface area contributed by atoms with Crippen molar-refractivity contribution in [2.24, 2.45) is 0 Å². The average molecular weight is 344 g/mol. The van der Waals surface area contributed by atoms with Crippen LogP contribution in [0.15, 0.2) is 30.5 Å². The van der Waals surface area contributed by atoms with E-state index in [1.807, 2.05) is 11.0 Å². The van der Waals surface area contributed by atoms with Crippen LogP contribution >= 0.6 is 0 Å². The summed E-state index contributed by atoms with van der Waals surface area (Å²) in [5, 5.41) is 0. The van der Waals surface area contributed by atoms with E-state index in [0.29, 0.717) is 24.6 Å². The molecule has 1 aromatic carbocycles. The van der Waals surface area contributed by atoms with Crippen molar-refractivity contribution in [3.63, 3.8) is 0 Å².